The number of hydrogen-bond donors (Lipinski definition) is 1. The van der Waals surface area contributed by atoms with Gasteiger partial charge in [-0.1, -0.05) is 11.3 Å². The summed E-state index contributed by atoms with van der Waals surface area (Å²) in [7, 11) is 0. The van der Waals surface area contributed by atoms with Gasteiger partial charge < -0.3 is 15.0 Å². The lowest BCUT2D eigenvalue weighted by Gasteiger charge is -2.34. The highest BCUT2D eigenvalue weighted by Gasteiger charge is 2.27. The lowest BCUT2D eigenvalue weighted by molar-refractivity contribution is 0.0165. The molecule has 0 radical (unpaired) electrons. The van der Waals surface area contributed by atoms with Crippen molar-refractivity contribution in [3.8, 4) is 0 Å². The van der Waals surface area contributed by atoms with Crippen LogP contribution >= 0.6 is 11.3 Å². The highest BCUT2D eigenvalue weighted by atomic mass is 32.1. The van der Waals surface area contributed by atoms with Gasteiger partial charge in [-0.2, -0.15) is 0 Å². The molecule has 0 bridgehead atoms. The fourth-order valence-corrected chi connectivity index (χ4v) is 3.39. The van der Waals surface area contributed by atoms with Crippen molar-refractivity contribution >= 4 is 28.4 Å². The Labute approximate surface area is 157 Å². The number of likely N-dealkylation sites (tertiary alicyclic amines) is 1. The van der Waals surface area contributed by atoms with Crippen molar-refractivity contribution in [1.82, 2.24) is 25.1 Å². The number of nitrogens with zero attached hydrogens (tertiary/aromatic N) is 5. The van der Waals surface area contributed by atoms with E-state index >= 15 is 0 Å². The summed E-state index contributed by atoms with van der Waals surface area (Å²) in [6.45, 7) is 7.11. The molecule has 1 unspecified atom stereocenters. The van der Waals surface area contributed by atoms with Gasteiger partial charge in [-0.3, -0.25) is 0 Å². The first-order chi connectivity index (χ1) is 12.4. The number of aromatic nitrogens is 4. The van der Waals surface area contributed by atoms with E-state index in [0.29, 0.717) is 23.4 Å². The molecule has 0 spiro atoms. The van der Waals surface area contributed by atoms with E-state index in [9.17, 15) is 4.79 Å². The van der Waals surface area contributed by atoms with Crippen LogP contribution < -0.4 is 5.32 Å². The Morgan fingerprint density at radius 3 is 3.00 bits per heavy atom. The molecule has 26 heavy (non-hydrogen) atoms. The first kappa shape index (κ1) is 18.5. The van der Waals surface area contributed by atoms with Crippen molar-refractivity contribution in [3.05, 3.63) is 23.6 Å². The number of amides is 1. The highest BCUT2D eigenvalue weighted by Crippen LogP contribution is 2.23. The van der Waals surface area contributed by atoms with Crippen LogP contribution in [0.2, 0.25) is 0 Å². The number of anilines is 2. The zero-order chi connectivity index (χ0) is 18.6. The monoisotopic (exact) mass is 376 g/mol. The summed E-state index contributed by atoms with van der Waals surface area (Å²) in [4.78, 5) is 22.7. The topological polar surface area (TPSA) is 93.1 Å². The molecule has 0 aliphatic carbocycles. The van der Waals surface area contributed by atoms with Gasteiger partial charge >= 0.3 is 6.09 Å². The Kier molecular flexibility index (Phi) is 5.65. The summed E-state index contributed by atoms with van der Waals surface area (Å²) in [6, 6.07) is 1.92. The van der Waals surface area contributed by atoms with E-state index in [-0.39, 0.29) is 6.09 Å². The van der Waals surface area contributed by atoms with E-state index in [0.717, 1.165) is 31.5 Å². The maximum Gasteiger partial charge on any atom is 0.410 e. The second-order valence-electron chi connectivity index (χ2n) is 7.40. The molecule has 1 aliphatic heterocycles. The Bertz CT molecular complexity index is 731. The molecule has 8 nitrogen and oxygen atoms in total. The molecular formula is C17H24N6O2S. The lowest BCUT2D eigenvalue weighted by atomic mass is 9.93. The maximum atomic E-state index is 12.3. The van der Waals surface area contributed by atoms with Crippen LogP contribution in [0.1, 0.15) is 39.3 Å². The van der Waals surface area contributed by atoms with E-state index in [1.807, 2.05) is 26.8 Å². The summed E-state index contributed by atoms with van der Waals surface area (Å²) in [6.07, 6.45) is 4.16. The van der Waals surface area contributed by atoms with E-state index in [1.165, 1.54) is 11.3 Å². The van der Waals surface area contributed by atoms with Crippen LogP contribution in [-0.4, -0.2) is 49.8 Å². The van der Waals surface area contributed by atoms with Gasteiger partial charge in [0.05, 0.1) is 0 Å². The predicted octanol–water partition coefficient (Wildman–Crippen LogP) is 3.26. The largest absolute Gasteiger partial charge is 0.444 e. The lowest BCUT2D eigenvalue weighted by Crippen LogP contribution is -2.43. The van der Waals surface area contributed by atoms with Crippen LogP contribution in [0.3, 0.4) is 0 Å². The molecule has 3 heterocycles. The summed E-state index contributed by atoms with van der Waals surface area (Å²) in [5.41, 5.74) is 2.14. The standard InChI is InChI=1S/C17H24N6O2S/c1-17(2,3)25-16(24)23-6-4-5-12(9-23)7-13-8-14(19-10-18-13)21-15-22-20-11-26-15/h8,10-12H,4-7,9H2,1-3H3,(H,18,19,21,22). The van der Waals surface area contributed by atoms with Gasteiger partial charge in [-0.15, -0.1) is 10.2 Å². The van der Waals surface area contributed by atoms with E-state index in [2.05, 4.69) is 25.5 Å². The molecule has 0 saturated carbocycles. The normalized spacial score (nSPS) is 17.8. The summed E-state index contributed by atoms with van der Waals surface area (Å²) < 4.78 is 5.49. The van der Waals surface area contributed by atoms with Gasteiger partial charge in [0.2, 0.25) is 5.13 Å². The Morgan fingerprint density at radius 1 is 1.42 bits per heavy atom. The second-order valence-corrected chi connectivity index (χ2v) is 8.24. The van der Waals surface area contributed by atoms with Crippen LogP contribution in [0.25, 0.3) is 0 Å². The van der Waals surface area contributed by atoms with Gasteiger partial charge in [-0.25, -0.2) is 14.8 Å². The molecule has 2 aromatic heterocycles. The fraction of sp³-hybridized carbons (Fsp3) is 0.588. The quantitative estimate of drug-likeness (QED) is 0.875. The first-order valence-corrected chi connectivity index (χ1v) is 9.59. The Morgan fingerprint density at radius 2 is 2.27 bits per heavy atom. The van der Waals surface area contributed by atoms with Gasteiger partial charge in [0.1, 0.15) is 23.3 Å². The van der Waals surface area contributed by atoms with Gasteiger partial charge in [0, 0.05) is 24.8 Å². The highest BCUT2D eigenvalue weighted by molar-refractivity contribution is 7.13. The van der Waals surface area contributed by atoms with E-state index in [4.69, 9.17) is 4.74 Å². The zero-order valence-electron chi connectivity index (χ0n) is 15.3. The van der Waals surface area contributed by atoms with Crippen molar-refractivity contribution in [2.24, 2.45) is 5.92 Å². The minimum Gasteiger partial charge on any atom is -0.444 e. The minimum absolute atomic E-state index is 0.233. The molecule has 1 saturated heterocycles. The molecule has 1 aliphatic rings. The number of nitrogens with one attached hydrogen (secondary N) is 1. The van der Waals surface area contributed by atoms with Gasteiger partial charge in [0.15, 0.2) is 0 Å². The number of ether oxygens (including phenoxy) is 1. The summed E-state index contributed by atoms with van der Waals surface area (Å²) in [5, 5.41) is 11.6. The molecule has 9 heteroatoms. The SMILES string of the molecule is CC(C)(C)OC(=O)N1CCCC(Cc2cc(Nc3nncs3)ncn2)C1. The molecule has 3 rings (SSSR count). The summed E-state index contributed by atoms with van der Waals surface area (Å²) in [5.74, 6) is 1.06. The van der Waals surface area contributed by atoms with Crippen molar-refractivity contribution in [1.29, 1.82) is 0 Å². The van der Waals surface area contributed by atoms with Crippen LogP contribution in [0.4, 0.5) is 15.7 Å². The van der Waals surface area contributed by atoms with Crippen LogP contribution in [0.15, 0.2) is 17.9 Å². The zero-order valence-corrected chi connectivity index (χ0v) is 16.1. The molecule has 140 valence electrons. The fourth-order valence-electron chi connectivity index (χ4n) is 2.93. The van der Waals surface area contributed by atoms with Crippen LogP contribution in [0, 0.1) is 5.92 Å². The molecule has 1 fully saturated rings. The first-order valence-electron chi connectivity index (χ1n) is 8.71. The number of hydrogen-bond acceptors (Lipinski definition) is 8. The van der Waals surface area contributed by atoms with Crippen LogP contribution in [0.5, 0.6) is 0 Å². The molecule has 0 aromatic carbocycles. The molecule has 1 amide bonds. The average Bonchev–Trinajstić information content (AvgIpc) is 3.07. The van der Waals surface area contributed by atoms with Crippen molar-refractivity contribution < 1.29 is 9.53 Å². The number of piperidine rings is 1. The number of carbonyl (C=O) groups excluding carboxylic acids is 1. The third kappa shape index (κ3) is 5.35. The Hall–Kier alpha value is -2.29. The van der Waals surface area contributed by atoms with E-state index < -0.39 is 5.60 Å². The number of carbonyl (C=O) groups is 1. The minimum atomic E-state index is -0.470. The summed E-state index contributed by atoms with van der Waals surface area (Å²) >= 11 is 1.42. The molecular weight excluding hydrogens is 352 g/mol. The molecule has 1 atom stereocenters. The third-order valence-electron chi connectivity index (χ3n) is 3.99. The maximum absolute atomic E-state index is 12.3. The van der Waals surface area contributed by atoms with Gasteiger partial charge in [-0.05, 0) is 46.0 Å². The van der Waals surface area contributed by atoms with Gasteiger partial charge in [0.25, 0.3) is 0 Å². The van der Waals surface area contributed by atoms with Crippen molar-refractivity contribution in [2.75, 3.05) is 18.4 Å². The van der Waals surface area contributed by atoms with E-state index in [1.54, 1.807) is 16.7 Å². The smallest absolute Gasteiger partial charge is 0.410 e. The Balaban J connectivity index is 1.59. The van der Waals surface area contributed by atoms with Crippen molar-refractivity contribution in [3.63, 3.8) is 0 Å². The molecule has 1 N–H and O–H groups in total. The second kappa shape index (κ2) is 7.94. The third-order valence-corrected chi connectivity index (χ3v) is 4.59. The van der Waals surface area contributed by atoms with Crippen molar-refractivity contribution in [2.45, 2.75) is 45.6 Å². The average molecular weight is 376 g/mol. The predicted molar refractivity (Wildman–Crippen MR) is 99.5 cm³/mol. The number of rotatable bonds is 4. The molecule has 2 aromatic rings. The van der Waals surface area contributed by atoms with Crippen LogP contribution in [-0.2, 0) is 11.2 Å².